The number of hydrogen-bond donors (Lipinski definition) is 0. The number of carbonyl (C=O) groups is 1. The van der Waals surface area contributed by atoms with E-state index in [1.165, 1.54) is 26.5 Å². The minimum Gasteiger partial charge on any atom is -0.493 e. The van der Waals surface area contributed by atoms with Gasteiger partial charge in [-0.1, -0.05) is 12.1 Å². The fourth-order valence-corrected chi connectivity index (χ4v) is 3.60. The first kappa shape index (κ1) is 19.8. The first-order chi connectivity index (χ1) is 14.5. The van der Waals surface area contributed by atoms with Crippen LogP contribution in [-0.4, -0.2) is 20.2 Å². The van der Waals surface area contributed by atoms with E-state index in [1.807, 2.05) is 0 Å². The number of ether oxygens (including phenoxy) is 3. The van der Waals surface area contributed by atoms with Crippen LogP contribution in [0.25, 0.3) is 22.3 Å². The highest BCUT2D eigenvalue weighted by atomic mass is 79.9. The van der Waals surface area contributed by atoms with Crippen LogP contribution in [0.5, 0.6) is 17.2 Å². The van der Waals surface area contributed by atoms with Gasteiger partial charge in [0.25, 0.3) is 0 Å². The van der Waals surface area contributed by atoms with Crippen molar-refractivity contribution in [1.29, 1.82) is 0 Å². The number of rotatable bonds is 5. The molecule has 0 atom stereocenters. The Bertz CT molecular complexity index is 1290. The van der Waals surface area contributed by atoms with Crippen LogP contribution < -0.4 is 19.6 Å². The van der Waals surface area contributed by atoms with E-state index in [0.29, 0.717) is 27.1 Å². The van der Waals surface area contributed by atoms with E-state index >= 15 is 0 Å². The molecule has 30 heavy (non-hydrogen) atoms. The lowest BCUT2D eigenvalue weighted by molar-refractivity contribution is 0.0698. The highest BCUT2D eigenvalue weighted by molar-refractivity contribution is 9.10. The van der Waals surface area contributed by atoms with Gasteiger partial charge in [-0.15, -0.1) is 0 Å². The van der Waals surface area contributed by atoms with Gasteiger partial charge in [-0.05, 0) is 52.3 Å². The summed E-state index contributed by atoms with van der Waals surface area (Å²) in [6.07, 6.45) is 1.34. The number of furan rings is 1. The Morgan fingerprint density at radius 2 is 1.80 bits per heavy atom. The molecule has 0 bridgehead atoms. The molecule has 2 aromatic heterocycles. The van der Waals surface area contributed by atoms with Gasteiger partial charge in [-0.2, -0.15) is 0 Å². The maximum atomic E-state index is 13.2. The van der Waals surface area contributed by atoms with Crippen molar-refractivity contribution in [2.24, 2.45) is 0 Å². The van der Waals surface area contributed by atoms with Crippen LogP contribution in [0, 0.1) is 0 Å². The molecule has 0 aliphatic rings. The molecule has 4 aromatic rings. The highest BCUT2D eigenvalue weighted by Gasteiger charge is 2.24. The highest BCUT2D eigenvalue weighted by Crippen LogP contribution is 2.41. The minimum atomic E-state index is -0.816. The van der Waals surface area contributed by atoms with Gasteiger partial charge < -0.3 is 23.0 Å². The average Bonchev–Trinajstić information content (AvgIpc) is 3.30. The van der Waals surface area contributed by atoms with Crippen molar-refractivity contribution >= 4 is 32.9 Å². The number of carbonyl (C=O) groups excluding carboxylic acids is 1. The fourth-order valence-electron chi connectivity index (χ4n) is 2.99. The Morgan fingerprint density at radius 1 is 1.00 bits per heavy atom. The van der Waals surface area contributed by atoms with Crippen molar-refractivity contribution in [3.63, 3.8) is 0 Å². The third kappa shape index (κ3) is 3.46. The molecule has 0 saturated heterocycles. The second-order valence-corrected chi connectivity index (χ2v) is 7.00. The molecule has 8 heteroatoms. The lowest BCUT2D eigenvalue weighted by atomic mass is 10.1. The van der Waals surface area contributed by atoms with Crippen LogP contribution in [0.15, 0.2) is 72.9 Å². The number of para-hydroxylation sites is 1. The number of esters is 1. The average molecular weight is 471 g/mol. The van der Waals surface area contributed by atoms with Crippen molar-refractivity contribution in [3.05, 3.63) is 75.3 Å². The second-order valence-electron chi connectivity index (χ2n) is 6.15. The van der Waals surface area contributed by atoms with Crippen molar-refractivity contribution in [1.82, 2.24) is 0 Å². The molecule has 2 aromatic carbocycles. The molecule has 2 heterocycles. The molecule has 0 aliphatic heterocycles. The molecule has 0 aliphatic carbocycles. The quantitative estimate of drug-likeness (QED) is 0.377. The normalized spacial score (nSPS) is 10.8. The van der Waals surface area contributed by atoms with Gasteiger partial charge in [-0.3, -0.25) is 4.79 Å². The zero-order chi connectivity index (χ0) is 21.3. The number of benzene rings is 2. The summed E-state index contributed by atoms with van der Waals surface area (Å²) in [5, 5.41) is 0.281. The molecule has 152 valence electrons. The molecule has 7 nitrogen and oxygen atoms in total. The van der Waals surface area contributed by atoms with Crippen LogP contribution in [0.3, 0.4) is 0 Å². The van der Waals surface area contributed by atoms with Crippen molar-refractivity contribution in [2.45, 2.75) is 0 Å². The largest absolute Gasteiger partial charge is 0.493 e. The van der Waals surface area contributed by atoms with Crippen molar-refractivity contribution in [3.8, 4) is 28.6 Å². The summed E-state index contributed by atoms with van der Waals surface area (Å²) in [5.74, 6) is -0.167. The smallest absolute Gasteiger partial charge is 0.379 e. The maximum absolute atomic E-state index is 13.2. The molecular weight excluding hydrogens is 456 g/mol. The monoisotopic (exact) mass is 470 g/mol. The molecule has 0 spiro atoms. The summed E-state index contributed by atoms with van der Waals surface area (Å²) in [4.78, 5) is 25.6. The van der Waals surface area contributed by atoms with Gasteiger partial charge in [-0.25, -0.2) is 4.79 Å². The lowest BCUT2D eigenvalue weighted by Gasteiger charge is -2.14. The molecule has 0 N–H and O–H groups in total. The first-order valence-corrected chi connectivity index (χ1v) is 9.56. The Kier molecular flexibility index (Phi) is 5.33. The number of halogens is 1. The molecule has 0 amide bonds. The predicted octanol–water partition coefficient (Wildman–Crippen LogP) is 5.05. The van der Waals surface area contributed by atoms with E-state index in [9.17, 15) is 9.59 Å². The van der Waals surface area contributed by atoms with Gasteiger partial charge in [0.05, 0.1) is 30.3 Å². The molecule has 0 radical (unpaired) electrons. The zero-order valence-corrected chi connectivity index (χ0v) is 17.5. The van der Waals surface area contributed by atoms with Gasteiger partial charge in [0.2, 0.25) is 16.9 Å². The van der Waals surface area contributed by atoms with Crippen LogP contribution in [-0.2, 0) is 0 Å². The van der Waals surface area contributed by atoms with Crippen LogP contribution >= 0.6 is 15.9 Å². The summed E-state index contributed by atoms with van der Waals surface area (Å²) < 4.78 is 27.8. The van der Waals surface area contributed by atoms with E-state index in [-0.39, 0.29) is 22.7 Å². The standard InChI is InChI=1S/C22H15BrO7/c1-26-17-11-12(10-14(23)20(17)27-2)19-21(30-22(25)16-8-5-9-28-16)18(24)13-6-3-4-7-15(13)29-19/h3-11H,1-2H3. The zero-order valence-electron chi connectivity index (χ0n) is 15.9. The van der Waals surface area contributed by atoms with Crippen LogP contribution in [0.1, 0.15) is 10.6 Å². The van der Waals surface area contributed by atoms with E-state index in [2.05, 4.69) is 15.9 Å². The van der Waals surface area contributed by atoms with Crippen LogP contribution in [0.4, 0.5) is 0 Å². The van der Waals surface area contributed by atoms with Gasteiger partial charge in [0.1, 0.15) is 5.58 Å². The third-order valence-electron chi connectivity index (χ3n) is 4.37. The Labute approximate surface area is 178 Å². The number of methoxy groups -OCH3 is 2. The van der Waals surface area contributed by atoms with Crippen molar-refractivity contribution in [2.75, 3.05) is 14.2 Å². The molecule has 0 unspecified atom stereocenters. The Balaban J connectivity index is 1.96. The Hall–Kier alpha value is -3.52. The lowest BCUT2D eigenvalue weighted by Crippen LogP contribution is -2.15. The fraction of sp³-hybridized carbons (Fsp3) is 0.0909. The summed E-state index contributed by atoms with van der Waals surface area (Å²) >= 11 is 3.42. The summed E-state index contributed by atoms with van der Waals surface area (Å²) in [6, 6.07) is 13.0. The minimum absolute atomic E-state index is 0.0398. The topological polar surface area (TPSA) is 88.1 Å². The summed E-state index contributed by atoms with van der Waals surface area (Å²) in [6.45, 7) is 0. The van der Waals surface area contributed by atoms with Crippen LogP contribution in [0.2, 0.25) is 0 Å². The van der Waals surface area contributed by atoms with E-state index in [1.54, 1.807) is 42.5 Å². The van der Waals surface area contributed by atoms with Crippen molar-refractivity contribution < 1.29 is 27.8 Å². The predicted molar refractivity (Wildman–Crippen MR) is 112 cm³/mol. The molecule has 4 rings (SSSR count). The second kappa shape index (κ2) is 8.08. The van der Waals surface area contributed by atoms with Gasteiger partial charge in [0.15, 0.2) is 17.3 Å². The Morgan fingerprint density at radius 3 is 2.50 bits per heavy atom. The SMILES string of the molecule is COc1cc(-c2oc3ccccc3c(=O)c2OC(=O)c2ccco2)cc(Br)c1OC. The third-order valence-corrected chi connectivity index (χ3v) is 4.96. The maximum Gasteiger partial charge on any atom is 0.379 e. The molecular formula is C22H15BrO7. The number of hydrogen-bond acceptors (Lipinski definition) is 7. The van der Waals surface area contributed by atoms with E-state index in [0.717, 1.165) is 0 Å². The van der Waals surface area contributed by atoms with E-state index in [4.69, 9.17) is 23.0 Å². The number of fused-ring (bicyclic) bond motifs is 1. The molecule has 0 saturated carbocycles. The van der Waals surface area contributed by atoms with Gasteiger partial charge >= 0.3 is 5.97 Å². The summed E-state index contributed by atoms with van der Waals surface area (Å²) in [5.41, 5.74) is 0.309. The first-order valence-electron chi connectivity index (χ1n) is 8.77. The van der Waals surface area contributed by atoms with E-state index < -0.39 is 11.4 Å². The summed E-state index contributed by atoms with van der Waals surface area (Å²) in [7, 11) is 3.00. The molecule has 0 fully saturated rings. The van der Waals surface area contributed by atoms with Gasteiger partial charge in [0, 0.05) is 5.56 Å².